The van der Waals surface area contributed by atoms with E-state index in [-0.39, 0.29) is 11.2 Å². The van der Waals surface area contributed by atoms with E-state index < -0.39 is 0 Å². The number of thiazole rings is 1. The van der Waals surface area contributed by atoms with Crippen LogP contribution < -0.4 is 11.3 Å². The Morgan fingerprint density at radius 1 is 1.07 bits per heavy atom. The highest BCUT2D eigenvalue weighted by molar-refractivity contribution is 7.13. The summed E-state index contributed by atoms with van der Waals surface area (Å²) < 4.78 is 1.38. The Hall–Kier alpha value is -2.96. The van der Waals surface area contributed by atoms with Crippen LogP contribution in [0.25, 0.3) is 33.1 Å². The molecule has 0 aliphatic carbocycles. The first kappa shape index (κ1) is 18.4. The third-order valence-corrected chi connectivity index (χ3v) is 5.53. The maximum atomic E-state index is 12.6. The summed E-state index contributed by atoms with van der Waals surface area (Å²) in [4.78, 5) is 17.4. The highest BCUT2D eigenvalue weighted by Crippen LogP contribution is 2.36. The van der Waals surface area contributed by atoms with Crippen LogP contribution in [-0.4, -0.2) is 14.8 Å². The number of benzene rings is 2. The molecule has 0 bridgehead atoms. The second kappa shape index (κ2) is 7.58. The van der Waals surface area contributed by atoms with Crippen LogP contribution in [0.1, 0.15) is 6.92 Å². The fourth-order valence-corrected chi connectivity index (χ4v) is 3.92. The third-order valence-electron chi connectivity index (χ3n) is 4.39. The van der Waals surface area contributed by atoms with Crippen molar-refractivity contribution in [1.82, 2.24) is 14.8 Å². The lowest BCUT2D eigenvalue weighted by molar-refractivity contribution is 0.622. The van der Waals surface area contributed by atoms with Gasteiger partial charge in [0.1, 0.15) is 16.4 Å². The fraction of sp³-hybridized carbons (Fsp3) is 0.0952. The molecule has 0 saturated carbocycles. The van der Waals surface area contributed by atoms with Gasteiger partial charge in [-0.15, -0.1) is 11.3 Å². The van der Waals surface area contributed by atoms with E-state index in [0.29, 0.717) is 28.5 Å². The topological polar surface area (TPSA) is 73.8 Å². The molecule has 0 amide bonds. The minimum Gasteiger partial charge on any atom is -0.394 e. The molecule has 2 aromatic carbocycles. The molecule has 0 unspecified atom stereocenters. The first-order chi connectivity index (χ1) is 13.6. The molecule has 2 aromatic heterocycles. The molecule has 4 aromatic rings. The van der Waals surface area contributed by atoms with Crippen LogP contribution in [0.5, 0.6) is 0 Å². The van der Waals surface area contributed by atoms with Gasteiger partial charge in [-0.3, -0.25) is 4.79 Å². The third kappa shape index (κ3) is 3.32. The molecule has 7 heteroatoms. The Bertz CT molecular complexity index is 1180. The van der Waals surface area contributed by atoms with E-state index in [2.05, 4.69) is 5.10 Å². The molecule has 0 atom stereocenters. The van der Waals surface area contributed by atoms with E-state index in [1.165, 1.54) is 16.0 Å². The van der Waals surface area contributed by atoms with Crippen LogP contribution in [0.2, 0.25) is 5.02 Å². The normalized spacial score (nSPS) is 10.9. The average molecular weight is 409 g/mol. The molecule has 140 valence electrons. The Morgan fingerprint density at radius 2 is 1.79 bits per heavy atom. The number of anilines is 1. The van der Waals surface area contributed by atoms with Gasteiger partial charge in [-0.1, -0.05) is 54.1 Å². The van der Waals surface area contributed by atoms with Gasteiger partial charge in [0.2, 0.25) is 0 Å². The Labute approximate surface area is 171 Å². The number of hydrogen-bond acceptors (Lipinski definition) is 5. The van der Waals surface area contributed by atoms with E-state index >= 15 is 0 Å². The molecule has 0 spiro atoms. The van der Waals surface area contributed by atoms with Crippen LogP contribution >= 0.6 is 22.9 Å². The van der Waals surface area contributed by atoms with Gasteiger partial charge in [-0.25, -0.2) is 9.67 Å². The molecular formula is C21H17ClN4OS. The fourth-order valence-electron chi connectivity index (χ4n) is 2.97. The lowest BCUT2D eigenvalue weighted by atomic mass is 10.0. The van der Waals surface area contributed by atoms with Crippen LogP contribution in [0, 0.1) is 0 Å². The zero-order valence-electron chi connectivity index (χ0n) is 15.1. The minimum absolute atomic E-state index is 0.156. The summed E-state index contributed by atoms with van der Waals surface area (Å²) >= 11 is 7.46. The summed E-state index contributed by atoms with van der Waals surface area (Å²) in [5, 5.41) is 7.96. The van der Waals surface area contributed by atoms with Crippen molar-refractivity contribution in [2.75, 3.05) is 5.73 Å². The van der Waals surface area contributed by atoms with Crippen molar-refractivity contribution < 1.29 is 0 Å². The van der Waals surface area contributed by atoms with E-state index in [1.807, 2.05) is 66.9 Å². The Morgan fingerprint density at radius 3 is 2.46 bits per heavy atom. The molecule has 28 heavy (non-hydrogen) atoms. The number of aromatic nitrogens is 3. The summed E-state index contributed by atoms with van der Waals surface area (Å²) in [5.41, 5.74) is 9.81. The quantitative estimate of drug-likeness (QED) is 0.518. The maximum absolute atomic E-state index is 12.6. The Balaban J connectivity index is 1.91. The first-order valence-corrected chi connectivity index (χ1v) is 10.0. The second-order valence-electron chi connectivity index (χ2n) is 6.17. The molecule has 0 radical (unpaired) electrons. The number of nitrogens with two attached hydrogens (primary N) is 1. The number of aryl methyl sites for hydroxylation is 1. The molecule has 4 rings (SSSR count). The van der Waals surface area contributed by atoms with Crippen molar-refractivity contribution in [2.24, 2.45) is 0 Å². The molecular weight excluding hydrogens is 392 g/mol. The maximum Gasteiger partial charge on any atom is 0.290 e. The van der Waals surface area contributed by atoms with Gasteiger partial charge in [0.05, 0.1) is 11.3 Å². The van der Waals surface area contributed by atoms with Gasteiger partial charge in [-0.2, -0.15) is 5.10 Å². The summed E-state index contributed by atoms with van der Waals surface area (Å²) in [6.07, 6.45) is 0. The largest absolute Gasteiger partial charge is 0.394 e. The van der Waals surface area contributed by atoms with Gasteiger partial charge in [0.25, 0.3) is 5.56 Å². The van der Waals surface area contributed by atoms with Gasteiger partial charge in [-0.05, 0) is 19.1 Å². The summed E-state index contributed by atoms with van der Waals surface area (Å²) in [7, 11) is 0. The predicted molar refractivity (Wildman–Crippen MR) is 116 cm³/mol. The van der Waals surface area contributed by atoms with Crippen molar-refractivity contribution in [3.8, 4) is 33.1 Å². The molecule has 2 heterocycles. The van der Waals surface area contributed by atoms with E-state index in [9.17, 15) is 4.79 Å². The highest BCUT2D eigenvalue weighted by Gasteiger charge is 2.20. The lowest BCUT2D eigenvalue weighted by Gasteiger charge is -2.12. The van der Waals surface area contributed by atoms with Gasteiger partial charge >= 0.3 is 0 Å². The summed E-state index contributed by atoms with van der Waals surface area (Å²) in [6, 6.07) is 17.2. The zero-order chi connectivity index (χ0) is 19.7. The highest BCUT2D eigenvalue weighted by atomic mass is 35.5. The number of rotatable bonds is 4. The smallest absolute Gasteiger partial charge is 0.290 e. The Kier molecular flexibility index (Phi) is 4.98. The average Bonchev–Trinajstić information content (AvgIpc) is 3.20. The molecule has 0 fully saturated rings. The monoisotopic (exact) mass is 408 g/mol. The van der Waals surface area contributed by atoms with Crippen LogP contribution in [0.3, 0.4) is 0 Å². The van der Waals surface area contributed by atoms with E-state index in [4.69, 9.17) is 22.3 Å². The number of halogens is 1. The van der Waals surface area contributed by atoms with Gasteiger partial charge < -0.3 is 5.73 Å². The second-order valence-corrected chi connectivity index (χ2v) is 7.46. The molecule has 0 aliphatic heterocycles. The molecule has 0 saturated heterocycles. The van der Waals surface area contributed by atoms with Crippen LogP contribution in [-0.2, 0) is 6.54 Å². The lowest BCUT2D eigenvalue weighted by Crippen LogP contribution is -2.26. The van der Waals surface area contributed by atoms with Gasteiger partial charge in [0.15, 0.2) is 0 Å². The molecule has 5 nitrogen and oxygen atoms in total. The number of nitrogens with zero attached hydrogens (tertiary/aromatic N) is 3. The first-order valence-electron chi connectivity index (χ1n) is 8.76. The van der Waals surface area contributed by atoms with Crippen molar-refractivity contribution in [1.29, 1.82) is 0 Å². The molecule has 2 N–H and O–H groups in total. The minimum atomic E-state index is -0.307. The summed E-state index contributed by atoms with van der Waals surface area (Å²) in [6.45, 7) is 2.31. The zero-order valence-corrected chi connectivity index (χ0v) is 16.7. The molecule has 0 aliphatic rings. The van der Waals surface area contributed by atoms with Crippen molar-refractivity contribution in [3.63, 3.8) is 0 Å². The van der Waals surface area contributed by atoms with E-state index in [1.54, 1.807) is 0 Å². The van der Waals surface area contributed by atoms with Crippen LogP contribution in [0.15, 0.2) is 64.8 Å². The SMILES string of the molecule is CCn1nc(-c2ccccc2)c(-c2csc(-c3ccc(Cl)cc3)n2)c(N)c1=O. The predicted octanol–water partition coefficient (Wildman–Crippen LogP) is 4.96. The van der Waals surface area contributed by atoms with Crippen LogP contribution in [0.4, 0.5) is 5.69 Å². The standard InChI is InChI=1S/C21H17ClN4OS/c1-2-26-21(27)18(23)17(19(25-26)13-6-4-3-5-7-13)16-12-28-20(24-16)14-8-10-15(22)11-9-14/h3-12H,2,23H2,1H3. The van der Waals surface area contributed by atoms with Crippen molar-refractivity contribution in [2.45, 2.75) is 13.5 Å². The van der Waals surface area contributed by atoms with Crippen molar-refractivity contribution in [3.05, 3.63) is 75.4 Å². The summed E-state index contributed by atoms with van der Waals surface area (Å²) in [5.74, 6) is 0. The number of nitrogen functional groups attached to an aromatic ring is 1. The van der Waals surface area contributed by atoms with Gasteiger partial charge in [0, 0.05) is 28.1 Å². The van der Waals surface area contributed by atoms with E-state index in [0.717, 1.165) is 16.1 Å². The number of hydrogen-bond donors (Lipinski definition) is 1. The van der Waals surface area contributed by atoms with Crippen molar-refractivity contribution >= 4 is 28.6 Å².